The van der Waals surface area contributed by atoms with Crippen LogP contribution in [-0.2, 0) is 6.54 Å². The molecule has 0 heterocycles. The van der Waals surface area contributed by atoms with Crippen LogP contribution in [0.4, 0.5) is 0 Å². The van der Waals surface area contributed by atoms with E-state index in [9.17, 15) is 0 Å². The van der Waals surface area contributed by atoms with E-state index in [1.807, 2.05) is 0 Å². The lowest BCUT2D eigenvalue weighted by Crippen LogP contribution is -2.52. The quantitative estimate of drug-likeness (QED) is 0.882. The van der Waals surface area contributed by atoms with Crippen molar-refractivity contribution < 1.29 is 0 Å². The third-order valence-electron chi connectivity index (χ3n) is 5.04. The summed E-state index contributed by atoms with van der Waals surface area (Å²) in [6.45, 7) is 6.28. The first-order valence-electron chi connectivity index (χ1n) is 8.07. The van der Waals surface area contributed by atoms with Crippen LogP contribution in [0.25, 0.3) is 0 Å². The van der Waals surface area contributed by atoms with E-state index in [1.165, 1.54) is 43.2 Å². The molecule has 1 aliphatic rings. The van der Waals surface area contributed by atoms with Gasteiger partial charge in [-0.25, -0.2) is 0 Å². The standard InChI is InChI=1S/C18H30N2/c1-15(2)17-9-7-16(8-10-17)13-20(3)18(14-19)11-5-4-6-12-18/h7-10,15H,4-6,11-14,19H2,1-3H3. The van der Waals surface area contributed by atoms with E-state index in [-0.39, 0.29) is 5.54 Å². The van der Waals surface area contributed by atoms with E-state index < -0.39 is 0 Å². The molecule has 1 saturated carbocycles. The van der Waals surface area contributed by atoms with Gasteiger partial charge in [0, 0.05) is 18.6 Å². The summed E-state index contributed by atoms with van der Waals surface area (Å²) in [6.07, 6.45) is 6.54. The first-order chi connectivity index (χ1) is 9.57. The third kappa shape index (κ3) is 3.42. The molecule has 0 aromatic heterocycles. The van der Waals surface area contributed by atoms with Crippen LogP contribution in [0.1, 0.15) is 63.0 Å². The van der Waals surface area contributed by atoms with E-state index in [0.717, 1.165) is 13.1 Å². The van der Waals surface area contributed by atoms with Crippen LogP contribution in [0.3, 0.4) is 0 Å². The lowest BCUT2D eigenvalue weighted by Gasteiger charge is -2.44. The second-order valence-electron chi connectivity index (χ2n) is 6.74. The highest BCUT2D eigenvalue weighted by atomic mass is 15.2. The molecule has 0 radical (unpaired) electrons. The summed E-state index contributed by atoms with van der Waals surface area (Å²) < 4.78 is 0. The summed E-state index contributed by atoms with van der Waals surface area (Å²) in [4.78, 5) is 2.50. The minimum Gasteiger partial charge on any atom is -0.329 e. The van der Waals surface area contributed by atoms with Gasteiger partial charge in [-0.2, -0.15) is 0 Å². The van der Waals surface area contributed by atoms with Crippen LogP contribution in [-0.4, -0.2) is 24.0 Å². The average molecular weight is 274 g/mol. The molecule has 20 heavy (non-hydrogen) atoms. The van der Waals surface area contributed by atoms with Gasteiger partial charge in [0.2, 0.25) is 0 Å². The van der Waals surface area contributed by atoms with Gasteiger partial charge in [0.15, 0.2) is 0 Å². The molecule has 0 aliphatic heterocycles. The molecule has 0 atom stereocenters. The Morgan fingerprint density at radius 1 is 1.10 bits per heavy atom. The maximum absolute atomic E-state index is 6.11. The van der Waals surface area contributed by atoms with Crippen molar-refractivity contribution in [3.8, 4) is 0 Å². The minimum absolute atomic E-state index is 0.231. The van der Waals surface area contributed by atoms with Crippen molar-refractivity contribution in [3.63, 3.8) is 0 Å². The molecule has 2 N–H and O–H groups in total. The lowest BCUT2D eigenvalue weighted by atomic mass is 9.80. The van der Waals surface area contributed by atoms with Crippen molar-refractivity contribution in [2.75, 3.05) is 13.6 Å². The van der Waals surface area contributed by atoms with E-state index in [0.29, 0.717) is 5.92 Å². The Kier molecular flexibility index (Phi) is 5.22. The SMILES string of the molecule is CC(C)c1ccc(CN(C)C2(CN)CCCCC2)cc1. The summed E-state index contributed by atoms with van der Waals surface area (Å²) >= 11 is 0. The van der Waals surface area contributed by atoms with Gasteiger partial charge in [-0.15, -0.1) is 0 Å². The molecule has 2 nitrogen and oxygen atoms in total. The number of benzene rings is 1. The number of hydrogen-bond acceptors (Lipinski definition) is 2. The Hall–Kier alpha value is -0.860. The fraction of sp³-hybridized carbons (Fsp3) is 0.667. The zero-order chi connectivity index (χ0) is 14.6. The monoisotopic (exact) mass is 274 g/mol. The molecule has 0 spiro atoms. The zero-order valence-corrected chi connectivity index (χ0v) is 13.4. The second-order valence-corrected chi connectivity index (χ2v) is 6.74. The lowest BCUT2D eigenvalue weighted by molar-refractivity contribution is 0.0758. The van der Waals surface area contributed by atoms with Crippen LogP contribution in [0.2, 0.25) is 0 Å². The van der Waals surface area contributed by atoms with Crippen molar-refractivity contribution in [2.24, 2.45) is 5.73 Å². The number of likely N-dealkylation sites (N-methyl/N-ethyl adjacent to an activating group) is 1. The summed E-state index contributed by atoms with van der Waals surface area (Å²) in [6, 6.07) is 9.09. The highest BCUT2D eigenvalue weighted by Gasteiger charge is 2.34. The first kappa shape index (κ1) is 15.5. The van der Waals surface area contributed by atoms with Crippen LogP contribution >= 0.6 is 0 Å². The van der Waals surface area contributed by atoms with E-state index in [4.69, 9.17) is 5.73 Å². The maximum atomic E-state index is 6.11. The molecule has 0 amide bonds. The van der Waals surface area contributed by atoms with Crippen molar-refractivity contribution in [3.05, 3.63) is 35.4 Å². The van der Waals surface area contributed by atoms with Gasteiger partial charge < -0.3 is 5.73 Å². The molecule has 0 saturated heterocycles. The number of rotatable bonds is 5. The van der Waals surface area contributed by atoms with E-state index >= 15 is 0 Å². The van der Waals surface area contributed by atoms with Crippen LogP contribution in [0.15, 0.2) is 24.3 Å². The predicted molar refractivity (Wildman–Crippen MR) is 86.9 cm³/mol. The second kappa shape index (κ2) is 6.73. The van der Waals surface area contributed by atoms with Crippen molar-refractivity contribution in [1.82, 2.24) is 4.90 Å². The molecule has 112 valence electrons. The van der Waals surface area contributed by atoms with Gasteiger partial charge in [-0.3, -0.25) is 4.90 Å². The largest absolute Gasteiger partial charge is 0.329 e. The molecular weight excluding hydrogens is 244 g/mol. The smallest absolute Gasteiger partial charge is 0.0332 e. The summed E-state index contributed by atoms with van der Waals surface area (Å²) in [5.74, 6) is 0.607. The van der Waals surface area contributed by atoms with Gasteiger partial charge in [0.25, 0.3) is 0 Å². The molecule has 0 unspecified atom stereocenters. The van der Waals surface area contributed by atoms with Crippen LogP contribution in [0, 0.1) is 0 Å². The molecule has 0 bridgehead atoms. The number of nitrogens with zero attached hydrogens (tertiary/aromatic N) is 1. The normalized spacial score (nSPS) is 18.7. The fourth-order valence-electron chi connectivity index (χ4n) is 3.40. The molecule has 2 rings (SSSR count). The van der Waals surface area contributed by atoms with Gasteiger partial charge in [0.05, 0.1) is 0 Å². The van der Waals surface area contributed by atoms with Gasteiger partial charge in [-0.1, -0.05) is 57.4 Å². The Morgan fingerprint density at radius 3 is 2.20 bits per heavy atom. The van der Waals surface area contributed by atoms with Gasteiger partial charge in [0.1, 0.15) is 0 Å². The van der Waals surface area contributed by atoms with Crippen molar-refractivity contribution in [1.29, 1.82) is 0 Å². The Bertz CT molecular complexity index is 402. The highest BCUT2D eigenvalue weighted by molar-refractivity contribution is 5.24. The van der Waals surface area contributed by atoms with E-state index in [1.54, 1.807) is 0 Å². The number of hydrogen-bond donors (Lipinski definition) is 1. The van der Waals surface area contributed by atoms with Gasteiger partial charge >= 0.3 is 0 Å². The predicted octanol–water partition coefficient (Wildman–Crippen LogP) is 3.90. The molecule has 1 aliphatic carbocycles. The highest BCUT2D eigenvalue weighted by Crippen LogP contribution is 2.33. The maximum Gasteiger partial charge on any atom is 0.0332 e. The Morgan fingerprint density at radius 2 is 1.70 bits per heavy atom. The average Bonchev–Trinajstić information content (AvgIpc) is 2.48. The molecule has 1 aromatic carbocycles. The zero-order valence-electron chi connectivity index (χ0n) is 13.4. The van der Waals surface area contributed by atoms with Gasteiger partial charge in [-0.05, 0) is 36.9 Å². The minimum atomic E-state index is 0.231. The molecular formula is C18H30N2. The Labute approximate surface area is 124 Å². The molecule has 2 heteroatoms. The summed E-state index contributed by atoms with van der Waals surface area (Å²) in [7, 11) is 2.24. The summed E-state index contributed by atoms with van der Waals surface area (Å²) in [5, 5.41) is 0. The third-order valence-corrected chi connectivity index (χ3v) is 5.04. The summed E-state index contributed by atoms with van der Waals surface area (Å²) in [5.41, 5.74) is 9.16. The Balaban J connectivity index is 2.04. The van der Waals surface area contributed by atoms with Crippen LogP contribution < -0.4 is 5.73 Å². The molecule has 1 fully saturated rings. The van der Waals surface area contributed by atoms with Crippen molar-refractivity contribution in [2.45, 2.75) is 64.0 Å². The molecule has 1 aromatic rings. The first-order valence-corrected chi connectivity index (χ1v) is 8.07. The van der Waals surface area contributed by atoms with Crippen LogP contribution in [0.5, 0.6) is 0 Å². The van der Waals surface area contributed by atoms with E-state index in [2.05, 4.69) is 50.1 Å². The van der Waals surface area contributed by atoms with Crippen molar-refractivity contribution >= 4 is 0 Å². The fourth-order valence-corrected chi connectivity index (χ4v) is 3.40. The number of nitrogens with two attached hydrogens (primary N) is 1. The topological polar surface area (TPSA) is 29.3 Å².